The molecule has 2 unspecified atom stereocenters. The van der Waals surface area contributed by atoms with Gasteiger partial charge in [-0.15, -0.1) is 12.4 Å². The second kappa shape index (κ2) is 7.81. The van der Waals surface area contributed by atoms with Gasteiger partial charge in [-0.2, -0.15) is 0 Å². The normalized spacial score (nSPS) is 19.9. The largest absolute Gasteiger partial charge is 0.349 e. The Morgan fingerprint density at radius 2 is 2.30 bits per heavy atom. The standard InChI is InChI=1S/C14H18ClFN2O.ClH/c1-9(10-4-3-7-17-8-10)18-14(19)11-5-2-6-12(16)13(11)15;/h2,5-6,9-10,17H,3-4,7-8H2,1H3,(H,18,19);1H. The Hall–Kier alpha value is -0.840. The summed E-state index contributed by atoms with van der Waals surface area (Å²) in [6, 6.07) is 4.31. The lowest BCUT2D eigenvalue weighted by Crippen LogP contribution is -2.44. The molecule has 6 heteroatoms. The number of benzene rings is 1. The van der Waals surface area contributed by atoms with E-state index in [9.17, 15) is 9.18 Å². The number of hydrogen-bond donors (Lipinski definition) is 2. The molecule has 1 fully saturated rings. The molecule has 0 radical (unpaired) electrons. The number of carbonyl (C=O) groups is 1. The highest BCUT2D eigenvalue weighted by atomic mass is 35.5. The number of piperidine rings is 1. The van der Waals surface area contributed by atoms with Crippen LogP contribution in [0.4, 0.5) is 4.39 Å². The molecule has 1 heterocycles. The quantitative estimate of drug-likeness (QED) is 0.898. The molecule has 0 saturated carbocycles. The Morgan fingerprint density at radius 1 is 1.55 bits per heavy atom. The van der Waals surface area contributed by atoms with Gasteiger partial charge >= 0.3 is 0 Å². The summed E-state index contributed by atoms with van der Waals surface area (Å²) >= 11 is 5.81. The van der Waals surface area contributed by atoms with E-state index in [4.69, 9.17) is 11.6 Å². The number of rotatable bonds is 3. The molecule has 112 valence electrons. The monoisotopic (exact) mass is 320 g/mol. The summed E-state index contributed by atoms with van der Waals surface area (Å²) in [7, 11) is 0. The lowest BCUT2D eigenvalue weighted by molar-refractivity contribution is 0.0921. The summed E-state index contributed by atoms with van der Waals surface area (Å²) < 4.78 is 13.3. The molecular weight excluding hydrogens is 302 g/mol. The predicted octanol–water partition coefficient (Wildman–Crippen LogP) is 3.02. The number of carbonyl (C=O) groups excluding carboxylic acids is 1. The maximum atomic E-state index is 13.3. The van der Waals surface area contributed by atoms with Gasteiger partial charge in [0.2, 0.25) is 0 Å². The van der Waals surface area contributed by atoms with Gasteiger partial charge in [-0.1, -0.05) is 17.7 Å². The van der Waals surface area contributed by atoms with Gasteiger partial charge in [0.25, 0.3) is 5.91 Å². The van der Waals surface area contributed by atoms with Crippen molar-refractivity contribution in [2.75, 3.05) is 13.1 Å². The van der Waals surface area contributed by atoms with Gasteiger partial charge in [-0.25, -0.2) is 4.39 Å². The summed E-state index contributed by atoms with van der Waals surface area (Å²) in [4.78, 5) is 12.1. The van der Waals surface area contributed by atoms with E-state index in [0.717, 1.165) is 25.9 Å². The third-order valence-corrected chi connectivity index (χ3v) is 3.98. The first kappa shape index (κ1) is 17.2. The number of halogens is 3. The zero-order valence-electron chi connectivity index (χ0n) is 11.3. The maximum absolute atomic E-state index is 13.3. The Morgan fingerprint density at radius 3 is 2.95 bits per heavy atom. The van der Waals surface area contributed by atoms with Crippen LogP contribution in [0.15, 0.2) is 18.2 Å². The molecular formula is C14H19Cl2FN2O. The SMILES string of the molecule is CC(NC(=O)c1cccc(F)c1Cl)C1CCCNC1.Cl. The van der Waals surface area contributed by atoms with Crippen LogP contribution in [0.3, 0.4) is 0 Å². The van der Waals surface area contributed by atoms with Crippen LogP contribution in [-0.2, 0) is 0 Å². The van der Waals surface area contributed by atoms with Gasteiger partial charge in [-0.3, -0.25) is 4.79 Å². The molecule has 0 aliphatic carbocycles. The molecule has 1 aliphatic heterocycles. The van der Waals surface area contributed by atoms with E-state index in [0.29, 0.717) is 5.92 Å². The first-order valence-corrected chi connectivity index (χ1v) is 6.93. The van der Waals surface area contributed by atoms with Gasteiger partial charge in [0.15, 0.2) is 0 Å². The molecule has 20 heavy (non-hydrogen) atoms. The van der Waals surface area contributed by atoms with Crippen LogP contribution in [0.25, 0.3) is 0 Å². The lowest BCUT2D eigenvalue weighted by Gasteiger charge is -2.29. The fraction of sp³-hybridized carbons (Fsp3) is 0.500. The predicted molar refractivity (Wildman–Crippen MR) is 81.2 cm³/mol. The zero-order chi connectivity index (χ0) is 13.8. The fourth-order valence-corrected chi connectivity index (χ4v) is 2.60. The van der Waals surface area contributed by atoms with Gasteiger partial charge in [0.05, 0.1) is 10.6 Å². The molecule has 1 aromatic carbocycles. The summed E-state index contributed by atoms with van der Waals surface area (Å²) in [6.07, 6.45) is 2.21. The molecule has 0 bridgehead atoms. The van der Waals surface area contributed by atoms with Crippen molar-refractivity contribution < 1.29 is 9.18 Å². The van der Waals surface area contributed by atoms with Crippen LogP contribution in [0.5, 0.6) is 0 Å². The molecule has 2 N–H and O–H groups in total. The van der Waals surface area contributed by atoms with Crippen molar-refractivity contribution in [3.05, 3.63) is 34.6 Å². The Bertz CT molecular complexity index is 464. The lowest BCUT2D eigenvalue weighted by atomic mass is 9.92. The van der Waals surface area contributed by atoms with E-state index < -0.39 is 5.82 Å². The van der Waals surface area contributed by atoms with E-state index in [1.54, 1.807) is 0 Å². The topological polar surface area (TPSA) is 41.1 Å². The first-order valence-electron chi connectivity index (χ1n) is 6.55. The third-order valence-electron chi connectivity index (χ3n) is 3.60. The minimum absolute atomic E-state index is 0. The highest BCUT2D eigenvalue weighted by Crippen LogP contribution is 2.20. The smallest absolute Gasteiger partial charge is 0.253 e. The molecule has 1 amide bonds. The summed E-state index contributed by atoms with van der Waals surface area (Å²) in [6.45, 7) is 3.91. The Labute approximate surface area is 129 Å². The van der Waals surface area contributed by atoms with Crippen molar-refractivity contribution in [1.29, 1.82) is 0 Å². The van der Waals surface area contributed by atoms with Crippen molar-refractivity contribution in [1.82, 2.24) is 10.6 Å². The molecule has 0 spiro atoms. The van der Waals surface area contributed by atoms with Crippen LogP contribution >= 0.6 is 24.0 Å². The molecule has 2 rings (SSSR count). The fourth-order valence-electron chi connectivity index (χ4n) is 2.39. The van der Waals surface area contributed by atoms with Gasteiger partial charge in [-0.05, 0) is 50.9 Å². The Kier molecular flexibility index (Phi) is 6.72. The van der Waals surface area contributed by atoms with E-state index in [-0.39, 0.29) is 34.9 Å². The third kappa shape index (κ3) is 4.08. The average molecular weight is 321 g/mol. The molecule has 2 atom stereocenters. The van der Waals surface area contributed by atoms with Crippen LogP contribution in [0, 0.1) is 11.7 Å². The van der Waals surface area contributed by atoms with E-state index in [1.165, 1.54) is 18.2 Å². The average Bonchev–Trinajstić information content (AvgIpc) is 2.42. The molecule has 0 aromatic heterocycles. The van der Waals surface area contributed by atoms with Crippen LogP contribution in [-0.4, -0.2) is 25.0 Å². The van der Waals surface area contributed by atoms with Crippen molar-refractivity contribution in [2.24, 2.45) is 5.92 Å². The van der Waals surface area contributed by atoms with E-state index in [1.807, 2.05) is 6.92 Å². The summed E-state index contributed by atoms with van der Waals surface area (Å²) in [5, 5.41) is 6.10. The highest BCUT2D eigenvalue weighted by molar-refractivity contribution is 6.34. The van der Waals surface area contributed by atoms with Crippen molar-refractivity contribution in [2.45, 2.75) is 25.8 Å². The molecule has 1 aliphatic rings. The second-order valence-corrected chi connectivity index (χ2v) is 5.35. The van der Waals surface area contributed by atoms with Crippen molar-refractivity contribution in [3.8, 4) is 0 Å². The van der Waals surface area contributed by atoms with Gasteiger partial charge < -0.3 is 10.6 Å². The van der Waals surface area contributed by atoms with Crippen LogP contribution in [0.1, 0.15) is 30.1 Å². The van der Waals surface area contributed by atoms with Gasteiger partial charge in [0, 0.05) is 6.04 Å². The minimum Gasteiger partial charge on any atom is -0.349 e. The van der Waals surface area contributed by atoms with Gasteiger partial charge in [0.1, 0.15) is 5.82 Å². The number of hydrogen-bond acceptors (Lipinski definition) is 2. The van der Waals surface area contributed by atoms with Crippen LogP contribution < -0.4 is 10.6 Å². The molecule has 3 nitrogen and oxygen atoms in total. The molecule has 1 aromatic rings. The minimum atomic E-state index is -0.568. The van der Waals surface area contributed by atoms with E-state index in [2.05, 4.69) is 10.6 Å². The zero-order valence-corrected chi connectivity index (χ0v) is 12.9. The summed E-state index contributed by atoms with van der Waals surface area (Å²) in [5.41, 5.74) is 0.192. The second-order valence-electron chi connectivity index (χ2n) is 4.97. The van der Waals surface area contributed by atoms with Crippen molar-refractivity contribution >= 4 is 29.9 Å². The molecule has 1 saturated heterocycles. The number of nitrogens with one attached hydrogen (secondary N) is 2. The first-order chi connectivity index (χ1) is 9.09. The maximum Gasteiger partial charge on any atom is 0.253 e. The number of amides is 1. The summed E-state index contributed by atoms with van der Waals surface area (Å²) in [5.74, 6) is -0.478. The van der Waals surface area contributed by atoms with Crippen LogP contribution in [0.2, 0.25) is 5.02 Å². The van der Waals surface area contributed by atoms with E-state index >= 15 is 0 Å². The highest BCUT2D eigenvalue weighted by Gasteiger charge is 2.22. The van der Waals surface area contributed by atoms with Crippen molar-refractivity contribution in [3.63, 3.8) is 0 Å². The Balaban J connectivity index is 0.00000200.